The smallest absolute Gasteiger partial charge is 0.122 e. The molecule has 17 heavy (non-hydrogen) atoms. The average molecular weight is 235 g/mol. The highest BCUT2D eigenvalue weighted by Gasteiger charge is 2.58. The molecule has 1 fully saturated rings. The summed E-state index contributed by atoms with van der Waals surface area (Å²) in [6.07, 6.45) is 0. The SMILES string of the molecule is COc1ccc(OC)c([C@H]2[C@H](CN)C2(C)C)c1. The van der Waals surface area contributed by atoms with Gasteiger partial charge in [0.15, 0.2) is 0 Å². The van der Waals surface area contributed by atoms with Crippen molar-refractivity contribution in [1.82, 2.24) is 0 Å². The van der Waals surface area contributed by atoms with Gasteiger partial charge in [-0.2, -0.15) is 0 Å². The maximum Gasteiger partial charge on any atom is 0.122 e. The van der Waals surface area contributed by atoms with E-state index in [0.29, 0.717) is 11.8 Å². The molecule has 1 saturated carbocycles. The minimum absolute atomic E-state index is 0.258. The summed E-state index contributed by atoms with van der Waals surface area (Å²) in [4.78, 5) is 0. The molecule has 1 aromatic rings. The molecule has 0 unspecified atom stereocenters. The van der Waals surface area contributed by atoms with Gasteiger partial charge in [0, 0.05) is 5.56 Å². The van der Waals surface area contributed by atoms with Gasteiger partial charge in [-0.15, -0.1) is 0 Å². The molecule has 0 radical (unpaired) electrons. The maximum absolute atomic E-state index is 5.83. The van der Waals surface area contributed by atoms with Crippen LogP contribution in [0.5, 0.6) is 11.5 Å². The van der Waals surface area contributed by atoms with Crippen molar-refractivity contribution >= 4 is 0 Å². The van der Waals surface area contributed by atoms with E-state index in [-0.39, 0.29) is 5.41 Å². The number of ether oxygens (including phenoxy) is 2. The van der Waals surface area contributed by atoms with E-state index in [4.69, 9.17) is 15.2 Å². The Kier molecular flexibility index (Phi) is 3.04. The predicted octanol–water partition coefficient (Wildman–Crippen LogP) is 2.40. The fraction of sp³-hybridized carbons (Fsp3) is 0.571. The van der Waals surface area contributed by atoms with E-state index < -0.39 is 0 Å². The molecule has 3 nitrogen and oxygen atoms in total. The molecule has 1 aliphatic rings. The van der Waals surface area contributed by atoms with Gasteiger partial charge in [0.1, 0.15) is 11.5 Å². The van der Waals surface area contributed by atoms with Crippen molar-refractivity contribution in [1.29, 1.82) is 0 Å². The summed E-state index contributed by atoms with van der Waals surface area (Å²) in [6, 6.07) is 5.96. The van der Waals surface area contributed by atoms with Crippen LogP contribution in [0, 0.1) is 11.3 Å². The molecule has 2 rings (SSSR count). The number of rotatable bonds is 4. The van der Waals surface area contributed by atoms with Crippen molar-refractivity contribution < 1.29 is 9.47 Å². The van der Waals surface area contributed by atoms with Crippen molar-refractivity contribution in [2.24, 2.45) is 17.1 Å². The molecule has 2 atom stereocenters. The van der Waals surface area contributed by atoms with Gasteiger partial charge in [0.2, 0.25) is 0 Å². The van der Waals surface area contributed by atoms with Crippen molar-refractivity contribution in [3.8, 4) is 11.5 Å². The summed E-state index contributed by atoms with van der Waals surface area (Å²) in [5, 5.41) is 0. The first-order chi connectivity index (χ1) is 8.06. The van der Waals surface area contributed by atoms with Gasteiger partial charge < -0.3 is 15.2 Å². The Morgan fingerprint density at radius 2 is 1.94 bits per heavy atom. The number of methoxy groups -OCH3 is 2. The van der Waals surface area contributed by atoms with Crippen LogP contribution in [0.3, 0.4) is 0 Å². The van der Waals surface area contributed by atoms with Crippen LogP contribution in [0.1, 0.15) is 25.3 Å². The maximum atomic E-state index is 5.83. The highest BCUT2D eigenvalue weighted by Crippen LogP contribution is 2.65. The lowest BCUT2D eigenvalue weighted by atomic mass is 10.0. The third-order valence-corrected chi connectivity index (χ3v) is 4.08. The van der Waals surface area contributed by atoms with Crippen LogP contribution in [-0.4, -0.2) is 20.8 Å². The first-order valence-corrected chi connectivity index (χ1v) is 5.98. The Morgan fingerprint density at radius 1 is 1.24 bits per heavy atom. The third kappa shape index (κ3) is 1.89. The minimum Gasteiger partial charge on any atom is -0.497 e. The van der Waals surface area contributed by atoms with E-state index in [2.05, 4.69) is 19.9 Å². The largest absolute Gasteiger partial charge is 0.497 e. The summed E-state index contributed by atoms with van der Waals surface area (Å²) in [7, 11) is 3.39. The molecule has 0 aromatic heterocycles. The van der Waals surface area contributed by atoms with Crippen molar-refractivity contribution in [3.05, 3.63) is 23.8 Å². The summed E-state index contributed by atoms with van der Waals surface area (Å²) in [5.74, 6) is 2.81. The highest BCUT2D eigenvalue weighted by atomic mass is 16.5. The normalized spacial score (nSPS) is 25.5. The summed E-state index contributed by atoms with van der Waals surface area (Å²) < 4.78 is 10.7. The second kappa shape index (κ2) is 4.22. The van der Waals surface area contributed by atoms with Crippen molar-refractivity contribution in [3.63, 3.8) is 0 Å². The van der Waals surface area contributed by atoms with Crippen LogP contribution in [-0.2, 0) is 0 Å². The quantitative estimate of drug-likeness (QED) is 0.871. The summed E-state index contributed by atoms with van der Waals surface area (Å²) >= 11 is 0. The van der Waals surface area contributed by atoms with Crippen LogP contribution in [0.25, 0.3) is 0 Å². The van der Waals surface area contributed by atoms with Gasteiger partial charge in [-0.25, -0.2) is 0 Å². The van der Waals surface area contributed by atoms with Crippen LogP contribution in [0.15, 0.2) is 18.2 Å². The lowest BCUT2D eigenvalue weighted by Gasteiger charge is -2.11. The molecular formula is C14H21NO2. The molecule has 1 aliphatic carbocycles. The molecular weight excluding hydrogens is 214 g/mol. The summed E-state index contributed by atoms with van der Waals surface area (Å²) in [6.45, 7) is 5.24. The molecule has 3 heteroatoms. The van der Waals surface area contributed by atoms with E-state index in [1.807, 2.05) is 12.1 Å². The first-order valence-electron chi connectivity index (χ1n) is 5.98. The second-order valence-electron chi connectivity index (χ2n) is 5.25. The molecule has 0 spiro atoms. The summed E-state index contributed by atoms with van der Waals surface area (Å²) in [5.41, 5.74) is 7.30. The van der Waals surface area contributed by atoms with Gasteiger partial charge in [-0.3, -0.25) is 0 Å². The Labute approximate surface area is 103 Å². The fourth-order valence-electron chi connectivity index (χ4n) is 2.88. The predicted molar refractivity (Wildman–Crippen MR) is 68.6 cm³/mol. The van der Waals surface area contributed by atoms with Crippen molar-refractivity contribution in [2.75, 3.05) is 20.8 Å². The van der Waals surface area contributed by atoms with Crippen LogP contribution in [0.4, 0.5) is 0 Å². The van der Waals surface area contributed by atoms with Crippen LogP contribution >= 0.6 is 0 Å². The molecule has 2 N–H and O–H groups in total. The van der Waals surface area contributed by atoms with Crippen molar-refractivity contribution in [2.45, 2.75) is 19.8 Å². The first kappa shape index (κ1) is 12.2. The topological polar surface area (TPSA) is 44.5 Å². The van der Waals surface area contributed by atoms with Gasteiger partial charge in [-0.1, -0.05) is 13.8 Å². The molecule has 0 amide bonds. The number of benzene rings is 1. The Hall–Kier alpha value is -1.22. The lowest BCUT2D eigenvalue weighted by Crippen LogP contribution is -2.05. The molecule has 0 heterocycles. The zero-order valence-electron chi connectivity index (χ0n) is 11.0. The van der Waals surface area contributed by atoms with Gasteiger partial charge in [-0.05, 0) is 42.0 Å². The monoisotopic (exact) mass is 235 g/mol. The number of hydrogen-bond acceptors (Lipinski definition) is 3. The Morgan fingerprint density at radius 3 is 2.41 bits per heavy atom. The fourth-order valence-corrected chi connectivity index (χ4v) is 2.88. The lowest BCUT2D eigenvalue weighted by molar-refractivity contribution is 0.397. The van der Waals surface area contributed by atoms with E-state index in [0.717, 1.165) is 18.0 Å². The van der Waals surface area contributed by atoms with Gasteiger partial charge in [0.25, 0.3) is 0 Å². The van der Waals surface area contributed by atoms with Gasteiger partial charge in [0.05, 0.1) is 14.2 Å². The van der Waals surface area contributed by atoms with E-state index >= 15 is 0 Å². The minimum atomic E-state index is 0.258. The molecule has 1 aromatic carbocycles. The molecule has 0 saturated heterocycles. The molecule has 0 aliphatic heterocycles. The zero-order chi connectivity index (χ0) is 12.6. The second-order valence-corrected chi connectivity index (χ2v) is 5.25. The standard InChI is InChI=1S/C14H21NO2/c1-14(2)11(8-15)13(14)10-7-9(16-3)5-6-12(10)17-4/h5-7,11,13H,8,15H2,1-4H3/t11-,13-/m0/s1. The number of hydrogen-bond donors (Lipinski definition) is 1. The Bertz CT molecular complexity index is 415. The Balaban J connectivity index is 2.38. The van der Waals surface area contributed by atoms with E-state index in [1.165, 1.54) is 5.56 Å². The average Bonchev–Trinajstić information content (AvgIpc) is 2.89. The van der Waals surface area contributed by atoms with Crippen LogP contribution in [0.2, 0.25) is 0 Å². The van der Waals surface area contributed by atoms with Gasteiger partial charge >= 0.3 is 0 Å². The zero-order valence-corrected chi connectivity index (χ0v) is 11.0. The van der Waals surface area contributed by atoms with Crippen LogP contribution < -0.4 is 15.2 Å². The molecule has 94 valence electrons. The van der Waals surface area contributed by atoms with E-state index in [9.17, 15) is 0 Å². The third-order valence-electron chi connectivity index (χ3n) is 4.08. The highest BCUT2D eigenvalue weighted by molar-refractivity contribution is 5.47. The van der Waals surface area contributed by atoms with E-state index in [1.54, 1.807) is 14.2 Å². The number of nitrogens with two attached hydrogens (primary N) is 1. The molecule has 0 bridgehead atoms.